The van der Waals surface area contributed by atoms with Gasteiger partial charge in [0.25, 0.3) is 0 Å². The number of halogens is 1. The van der Waals surface area contributed by atoms with Gasteiger partial charge in [-0.05, 0) is 43.2 Å². The van der Waals surface area contributed by atoms with Crippen LogP contribution in [0.25, 0.3) is 0 Å². The van der Waals surface area contributed by atoms with Gasteiger partial charge < -0.3 is 19.9 Å². The molecule has 0 amide bonds. The van der Waals surface area contributed by atoms with Crippen molar-refractivity contribution in [3.05, 3.63) is 71.6 Å². The van der Waals surface area contributed by atoms with Crippen LogP contribution in [0.4, 0.5) is 0 Å². The highest BCUT2D eigenvalue weighted by Crippen LogP contribution is 2.11. The zero-order valence-corrected chi connectivity index (χ0v) is 19.8. The molecule has 8 nitrogen and oxygen atoms in total. The van der Waals surface area contributed by atoms with Crippen LogP contribution in [-0.4, -0.2) is 39.4 Å². The molecular weight excluding hydrogens is 493 g/mol. The Kier molecular flexibility index (Phi) is 9.52. The predicted molar refractivity (Wildman–Crippen MR) is 128 cm³/mol. The molecule has 0 bridgehead atoms. The Balaban J connectivity index is 0.00000320. The lowest BCUT2D eigenvalue weighted by Gasteiger charge is -2.13. The molecular formula is C21H28IN7O. The second-order valence-electron chi connectivity index (χ2n) is 6.59. The van der Waals surface area contributed by atoms with Crippen molar-refractivity contribution < 1.29 is 4.74 Å². The lowest BCUT2D eigenvalue weighted by atomic mass is 10.1. The maximum absolute atomic E-state index is 5.21. The fraction of sp³-hybridized carbons (Fsp3) is 0.333. The van der Waals surface area contributed by atoms with E-state index in [0.717, 1.165) is 36.1 Å². The molecule has 0 fully saturated rings. The first-order chi connectivity index (χ1) is 14.2. The first-order valence-corrected chi connectivity index (χ1v) is 9.55. The third kappa shape index (κ3) is 6.97. The van der Waals surface area contributed by atoms with Crippen molar-refractivity contribution in [2.45, 2.75) is 26.4 Å². The number of aromatic nitrogens is 4. The topological polar surface area (TPSA) is 89.2 Å². The average Bonchev–Trinajstić information content (AvgIpc) is 3.08. The number of aryl methyl sites for hydroxylation is 1. The van der Waals surface area contributed by atoms with Gasteiger partial charge in [-0.2, -0.15) is 0 Å². The molecule has 3 aromatic rings. The number of nitrogens with one attached hydrogen (secondary N) is 2. The number of benzene rings is 1. The number of nitrogens with zero attached hydrogens (tertiary/aromatic N) is 5. The van der Waals surface area contributed by atoms with E-state index in [0.29, 0.717) is 19.0 Å². The molecule has 0 aliphatic carbocycles. The highest BCUT2D eigenvalue weighted by atomic mass is 127. The summed E-state index contributed by atoms with van der Waals surface area (Å²) >= 11 is 0. The quantitative estimate of drug-likeness (QED) is 0.269. The summed E-state index contributed by atoms with van der Waals surface area (Å²) in [6.07, 6.45) is 2.65. The van der Waals surface area contributed by atoms with Crippen molar-refractivity contribution in [3.63, 3.8) is 0 Å². The zero-order chi connectivity index (χ0) is 20.5. The van der Waals surface area contributed by atoms with Crippen LogP contribution in [0, 0.1) is 6.92 Å². The van der Waals surface area contributed by atoms with E-state index in [2.05, 4.69) is 42.9 Å². The van der Waals surface area contributed by atoms with E-state index in [9.17, 15) is 0 Å². The second-order valence-corrected chi connectivity index (χ2v) is 6.59. The van der Waals surface area contributed by atoms with E-state index in [1.807, 2.05) is 48.9 Å². The molecule has 30 heavy (non-hydrogen) atoms. The number of hydrogen-bond donors (Lipinski definition) is 2. The molecule has 0 aliphatic heterocycles. The molecule has 2 N–H and O–H groups in total. The summed E-state index contributed by atoms with van der Waals surface area (Å²) in [5.74, 6) is 3.30. The third-order valence-electron chi connectivity index (χ3n) is 4.59. The van der Waals surface area contributed by atoms with Crippen LogP contribution in [0.1, 0.15) is 22.9 Å². The molecule has 0 radical (unpaired) electrons. The van der Waals surface area contributed by atoms with Gasteiger partial charge in [-0.3, -0.25) is 4.98 Å². The first-order valence-electron chi connectivity index (χ1n) is 9.55. The number of ether oxygens (including phenoxy) is 1. The Morgan fingerprint density at radius 2 is 1.90 bits per heavy atom. The molecule has 160 valence electrons. The normalized spacial score (nSPS) is 11.0. The Morgan fingerprint density at radius 1 is 1.10 bits per heavy atom. The maximum Gasteiger partial charge on any atom is 0.192 e. The molecule has 0 saturated carbocycles. The van der Waals surface area contributed by atoms with E-state index >= 15 is 0 Å². The molecule has 3 rings (SSSR count). The summed E-state index contributed by atoms with van der Waals surface area (Å²) in [5.41, 5.74) is 2.14. The minimum absolute atomic E-state index is 0. The van der Waals surface area contributed by atoms with E-state index in [-0.39, 0.29) is 24.0 Å². The Morgan fingerprint density at radius 3 is 2.53 bits per heavy atom. The first kappa shape index (κ1) is 23.6. The van der Waals surface area contributed by atoms with Crippen molar-refractivity contribution in [3.8, 4) is 5.75 Å². The summed E-state index contributed by atoms with van der Waals surface area (Å²) in [7, 11) is 3.62. The fourth-order valence-electron chi connectivity index (χ4n) is 2.71. The Bertz CT molecular complexity index is 926. The standard InChI is InChI=1S/C21H27N7O.HI/c1-16-26-27-20(28(16)2)15-25-21(24-14-18-6-4-5-12-22-18)23-13-11-17-7-9-19(29-3)10-8-17;/h4-10,12H,11,13-15H2,1-3H3,(H2,23,24,25);1H. The van der Waals surface area contributed by atoms with Crippen LogP contribution in [0.5, 0.6) is 5.75 Å². The van der Waals surface area contributed by atoms with E-state index < -0.39 is 0 Å². The fourth-order valence-corrected chi connectivity index (χ4v) is 2.71. The van der Waals surface area contributed by atoms with Crippen LogP contribution in [0.3, 0.4) is 0 Å². The van der Waals surface area contributed by atoms with Crippen LogP contribution in [0.15, 0.2) is 53.7 Å². The number of guanidine groups is 1. The van der Waals surface area contributed by atoms with Crippen LogP contribution in [0.2, 0.25) is 0 Å². The van der Waals surface area contributed by atoms with Gasteiger partial charge in [-0.1, -0.05) is 18.2 Å². The molecule has 0 atom stereocenters. The smallest absolute Gasteiger partial charge is 0.192 e. The largest absolute Gasteiger partial charge is 0.497 e. The minimum atomic E-state index is 0. The molecule has 0 aliphatic rings. The van der Waals surface area contributed by atoms with E-state index in [1.165, 1.54) is 5.56 Å². The molecule has 0 unspecified atom stereocenters. The van der Waals surface area contributed by atoms with Gasteiger partial charge in [0.05, 0.1) is 25.9 Å². The van der Waals surface area contributed by atoms with E-state index in [4.69, 9.17) is 4.74 Å². The number of aliphatic imine (C=N–C) groups is 1. The summed E-state index contributed by atoms with van der Waals surface area (Å²) < 4.78 is 7.17. The summed E-state index contributed by atoms with van der Waals surface area (Å²) in [6, 6.07) is 13.9. The second kappa shape index (κ2) is 12.1. The molecule has 0 spiro atoms. The number of hydrogen-bond acceptors (Lipinski definition) is 5. The van der Waals surface area contributed by atoms with Crippen molar-refractivity contribution >= 4 is 29.9 Å². The highest BCUT2D eigenvalue weighted by Gasteiger charge is 2.06. The monoisotopic (exact) mass is 521 g/mol. The van der Waals surface area contributed by atoms with Gasteiger partial charge in [0, 0.05) is 19.8 Å². The van der Waals surface area contributed by atoms with Crippen LogP contribution >= 0.6 is 24.0 Å². The number of rotatable bonds is 8. The lowest BCUT2D eigenvalue weighted by Crippen LogP contribution is -2.38. The van der Waals surface area contributed by atoms with Gasteiger partial charge in [0.2, 0.25) is 0 Å². The van der Waals surface area contributed by atoms with E-state index in [1.54, 1.807) is 13.3 Å². The average molecular weight is 521 g/mol. The van der Waals surface area contributed by atoms with Gasteiger partial charge in [-0.15, -0.1) is 34.2 Å². The Hall–Kier alpha value is -2.69. The van der Waals surface area contributed by atoms with Gasteiger partial charge in [-0.25, -0.2) is 4.99 Å². The number of methoxy groups -OCH3 is 1. The summed E-state index contributed by atoms with van der Waals surface area (Å²) in [6.45, 7) is 3.71. The molecule has 2 aromatic heterocycles. The van der Waals surface area contributed by atoms with Gasteiger partial charge in [0.15, 0.2) is 11.8 Å². The van der Waals surface area contributed by atoms with Crippen molar-refractivity contribution in [2.24, 2.45) is 12.0 Å². The predicted octanol–water partition coefficient (Wildman–Crippen LogP) is 2.62. The third-order valence-corrected chi connectivity index (χ3v) is 4.59. The minimum Gasteiger partial charge on any atom is -0.497 e. The van der Waals surface area contributed by atoms with Crippen LogP contribution in [-0.2, 0) is 26.6 Å². The molecule has 0 saturated heterocycles. The molecule has 2 heterocycles. The van der Waals surface area contributed by atoms with Gasteiger partial charge in [0.1, 0.15) is 11.6 Å². The number of pyridine rings is 1. The molecule has 9 heteroatoms. The summed E-state index contributed by atoms with van der Waals surface area (Å²) in [5, 5.41) is 15.0. The summed E-state index contributed by atoms with van der Waals surface area (Å²) in [4.78, 5) is 8.99. The highest BCUT2D eigenvalue weighted by molar-refractivity contribution is 14.0. The van der Waals surface area contributed by atoms with Gasteiger partial charge >= 0.3 is 0 Å². The maximum atomic E-state index is 5.21. The molecule has 1 aromatic carbocycles. The van der Waals surface area contributed by atoms with Crippen LogP contribution < -0.4 is 15.4 Å². The SMILES string of the molecule is COc1ccc(CCNC(=NCc2ccccn2)NCc2nnc(C)n2C)cc1.I. The lowest BCUT2D eigenvalue weighted by molar-refractivity contribution is 0.414. The van der Waals surface area contributed by atoms with Crippen molar-refractivity contribution in [2.75, 3.05) is 13.7 Å². The zero-order valence-electron chi connectivity index (χ0n) is 17.5. The Labute approximate surface area is 194 Å². The van der Waals surface area contributed by atoms with Crippen molar-refractivity contribution in [1.82, 2.24) is 30.4 Å². The van der Waals surface area contributed by atoms with Crippen molar-refractivity contribution in [1.29, 1.82) is 0 Å².